The quantitative estimate of drug-likeness (QED) is 0.693. The van der Waals surface area contributed by atoms with Crippen molar-refractivity contribution in [2.24, 2.45) is 0 Å². The molecule has 1 aromatic carbocycles. The van der Waals surface area contributed by atoms with Gasteiger partial charge in [-0.3, -0.25) is 0 Å². The molecule has 0 heterocycles. The molecule has 0 bridgehead atoms. The Morgan fingerprint density at radius 3 is 2.58 bits per heavy atom. The van der Waals surface area contributed by atoms with Crippen LogP contribution < -0.4 is 14.8 Å². The molecular weight excluding hydrogens is 238 g/mol. The largest absolute Gasteiger partial charge is 0.493 e. The van der Waals surface area contributed by atoms with Crippen LogP contribution in [0.2, 0.25) is 0 Å². The molecule has 1 rings (SSSR count). The average molecular weight is 265 g/mol. The molecule has 0 spiro atoms. The first-order valence-electron chi connectivity index (χ1n) is 7.23. The number of methoxy groups -OCH3 is 1. The number of ether oxygens (including phenoxy) is 2. The molecule has 3 nitrogen and oxygen atoms in total. The minimum Gasteiger partial charge on any atom is -0.493 e. The summed E-state index contributed by atoms with van der Waals surface area (Å²) in [6.07, 6.45) is 3.51. The van der Waals surface area contributed by atoms with Gasteiger partial charge in [0, 0.05) is 6.54 Å². The summed E-state index contributed by atoms with van der Waals surface area (Å²) in [7, 11) is 1.69. The van der Waals surface area contributed by atoms with Crippen LogP contribution in [0.15, 0.2) is 18.2 Å². The molecule has 0 aliphatic rings. The van der Waals surface area contributed by atoms with Gasteiger partial charge in [-0.2, -0.15) is 0 Å². The van der Waals surface area contributed by atoms with E-state index in [2.05, 4.69) is 32.2 Å². The van der Waals surface area contributed by atoms with E-state index in [0.717, 1.165) is 43.9 Å². The highest BCUT2D eigenvalue weighted by atomic mass is 16.5. The lowest BCUT2D eigenvalue weighted by atomic mass is 10.2. The highest BCUT2D eigenvalue weighted by Crippen LogP contribution is 2.29. The molecule has 0 fully saturated rings. The maximum atomic E-state index is 6.09. The summed E-state index contributed by atoms with van der Waals surface area (Å²) in [5, 5.41) is 3.42. The van der Waals surface area contributed by atoms with Crippen molar-refractivity contribution < 1.29 is 9.47 Å². The van der Waals surface area contributed by atoms with Crippen LogP contribution in [0.5, 0.6) is 11.5 Å². The van der Waals surface area contributed by atoms with Crippen molar-refractivity contribution in [3.63, 3.8) is 0 Å². The van der Waals surface area contributed by atoms with Gasteiger partial charge >= 0.3 is 0 Å². The Morgan fingerprint density at radius 2 is 1.95 bits per heavy atom. The minimum absolute atomic E-state index is 0.202. The predicted octanol–water partition coefficient (Wildman–Crippen LogP) is 3.55. The molecular formula is C16H27NO2. The zero-order valence-corrected chi connectivity index (χ0v) is 12.7. The Labute approximate surface area is 117 Å². The van der Waals surface area contributed by atoms with Crippen LogP contribution in [-0.4, -0.2) is 26.3 Å². The molecule has 1 atom stereocenters. The number of benzene rings is 1. The van der Waals surface area contributed by atoms with E-state index in [-0.39, 0.29) is 6.10 Å². The summed E-state index contributed by atoms with van der Waals surface area (Å²) in [5.41, 5.74) is 1.18. The maximum Gasteiger partial charge on any atom is 0.161 e. The van der Waals surface area contributed by atoms with Gasteiger partial charge in [0.2, 0.25) is 0 Å². The van der Waals surface area contributed by atoms with Crippen molar-refractivity contribution >= 4 is 0 Å². The third-order valence-corrected chi connectivity index (χ3v) is 3.02. The third kappa shape index (κ3) is 5.52. The van der Waals surface area contributed by atoms with Crippen molar-refractivity contribution in [2.75, 3.05) is 20.2 Å². The highest BCUT2D eigenvalue weighted by molar-refractivity contribution is 5.42. The van der Waals surface area contributed by atoms with Crippen molar-refractivity contribution in [2.45, 2.75) is 46.1 Å². The molecule has 0 radical (unpaired) electrons. The number of rotatable bonds is 9. The molecule has 108 valence electrons. The number of aryl methyl sites for hydroxylation is 1. The standard InChI is InChI=1S/C16H27NO2/c1-5-7-14(12-17-10-6-2)19-15-9-8-13(3)11-16(15)18-4/h8-9,11,14,17H,5-7,10,12H2,1-4H3. The smallest absolute Gasteiger partial charge is 0.161 e. The number of hydrogen-bond acceptors (Lipinski definition) is 3. The summed E-state index contributed by atoms with van der Waals surface area (Å²) in [6, 6.07) is 6.06. The van der Waals surface area contributed by atoms with Gasteiger partial charge in [-0.05, 0) is 44.0 Å². The van der Waals surface area contributed by atoms with Gasteiger partial charge in [0.25, 0.3) is 0 Å². The Balaban J connectivity index is 2.66. The lowest BCUT2D eigenvalue weighted by Crippen LogP contribution is -2.31. The second-order valence-corrected chi connectivity index (χ2v) is 4.89. The lowest BCUT2D eigenvalue weighted by molar-refractivity contribution is 0.179. The fourth-order valence-electron chi connectivity index (χ4n) is 2.02. The van der Waals surface area contributed by atoms with E-state index in [4.69, 9.17) is 9.47 Å². The Hall–Kier alpha value is -1.22. The van der Waals surface area contributed by atoms with Crippen molar-refractivity contribution in [1.82, 2.24) is 5.32 Å². The number of hydrogen-bond donors (Lipinski definition) is 1. The van der Waals surface area contributed by atoms with Gasteiger partial charge in [-0.1, -0.05) is 26.3 Å². The average Bonchev–Trinajstić information content (AvgIpc) is 2.41. The predicted molar refractivity (Wildman–Crippen MR) is 80.2 cm³/mol. The van der Waals surface area contributed by atoms with Gasteiger partial charge in [-0.25, -0.2) is 0 Å². The molecule has 0 aliphatic heterocycles. The number of nitrogens with one attached hydrogen (secondary N) is 1. The first-order chi connectivity index (χ1) is 9.21. The minimum atomic E-state index is 0.202. The molecule has 19 heavy (non-hydrogen) atoms. The van der Waals surface area contributed by atoms with Gasteiger partial charge in [0.05, 0.1) is 7.11 Å². The molecule has 0 aliphatic carbocycles. The molecule has 0 aromatic heterocycles. The van der Waals surface area contributed by atoms with Gasteiger partial charge in [0.15, 0.2) is 11.5 Å². The molecule has 0 saturated heterocycles. The van der Waals surface area contributed by atoms with Crippen LogP contribution in [0.4, 0.5) is 0 Å². The summed E-state index contributed by atoms with van der Waals surface area (Å²) >= 11 is 0. The topological polar surface area (TPSA) is 30.5 Å². The lowest BCUT2D eigenvalue weighted by Gasteiger charge is -2.21. The second kappa shape index (κ2) is 8.81. The Kier molecular flexibility index (Phi) is 7.34. The van der Waals surface area contributed by atoms with E-state index in [0.29, 0.717) is 0 Å². The van der Waals surface area contributed by atoms with Crippen molar-refractivity contribution in [3.8, 4) is 11.5 Å². The van der Waals surface area contributed by atoms with E-state index in [1.165, 1.54) is 5.56 Å². The normalized spacial score (nSPS) is 12.2. The summed E-state index contributed by atoms with van der Waals surface area (Å²) in [5.74, 6) is 1.65. The zero-order valence-electron chi connectivity index (χ0n) is 12.7. The van der Waals surface area contributed by atoms with Gasteiger partial charge in [-0.15, -0.1) is 0 Å². The second-order valence-electron chi connectivity index (χ2n) is 4.89. The van der Waals surface area contributed by atoms with Crippen LogP contribution in [0, 0.1) is 6.92 Å². The first kappa shape index (κ1) is 15.8. The van der Waals surface area contributed by atoms with E-state index < -0.39 is 0 Å². The van der Waals surface area contributed by atoms with Crippen LogP contribution in [0.3, 0.4) is 0 Å². The molecule has 1 unspecified atom stereocenters. The van der Waals surface area contributed by atoms with Crippen LogP contribution in [0.25, 0.3) is 0 Å². The molecule has 1 aromatic rings. The fourth-order valence-corrected chi connectivity index (χ4v) is 2.02. The fraction of sp³-hybridized carbons (Fsp3) is 0.625. The van der Waals surface area contributed by atoms with E-state index in [9.17, 15) is 0 Å². The van der Waals surface area contributed by atoms with E-state index >= 15 is 0 Å². The highest BCUT2D eigenvalue weighted by Gasteiger charge is 2.12. The zero-order chi connectivity index (χ0) is 14.1. The van der Waals surface area contributed by atoms with Gasteiger partial charge < -0.3 is 14.8 Å². The first-order valence-corrected chi connectivity index (χ1v) is 7.23. The molecule has 3 heteroatoms. The summed E-state index contributed by atoms with van der Waals surface area (Å²) in [6.45, 7) is 8.33. The van der Waals surface area contributed by atoms with E-state index in [1.807, 2.05) is 12.1 Å². The van der Waals surface area contributed by atoms with Crippen LogP contribution >= 0.6 is 0 Å². The van der Waals surface area contributed by atoms with Crippen molar-refractivity contribution in [1.29, 1.82) is 0 Å². The van der Waals surface area contributed by atoms with E-state index in [1.54, 1.807) is 7.11 Å². The molecule has 1 N–H and O–H groups in total. The summed E-state index contributed by atoms with van der Waals surface area (Å²) in [4.78, 5) is 0. The maximum absolute atomic E-state index is 6.09. The monoisotopic (exact) mass is 265 g/mol. The Bertz CT molecular complexity index is 366. The Morgan fingerprint density at radius 1 is 1.16 bits per heavy atom. The van der Waals surface area contributed by atoms with Crippen LogP contribution in [-0.2, 0) is 0 Å². The van der Waals surface area contributed by atoms with Crippen LogP contribution in [0.1, 0.15) is 38.7 Å². The van der Waals surface area contributed by atoms with Gasteiger partial charge in [0.1, 0.15) is 6.10 Å². The molecule has 0 amide bonds. The SMILES string of the molecule is CCCNCC(CCC)Oc1ccc(C)cc1OC. The summed E-state index contributed by atoms with van der Waals surface area (Å²) < 4.78 is 11.5. The van der Waals surface area contributed by atoms with Crippen molar-refractivity contribution in [3.05, 3.63) is 23.8 Å². The third-order valence-electron chi connectivity index (χ3n) is 3.02. The molecule has 0 saturated carbocycles.